The van der Waals surface area contributed by atoms with Crippen molar-refractivity contribution in [2.24, 2.45) is 0 Å². The van der Waals surface area contributed by atoms with Crippen LogP contribution in [0, 0.1) is 0 Å². The Kier molecular flexibility index (Phi) is 26.5. The zero-order chi connectivity index (χ0) is 6.31. The molecule has 0 heterocycles. The molecule has 0 amide bonds. The summed E-state index contributed by atoms with van der Waals surface area (Å²) < 4.78 is 0. The maximum atomic E-state index is 10.2. The van der Waals surface area contributed by atoms with Crippen LogP contribution in [0.15, 0.2) is 19.4 Å². The first-order valence-corrected chi connectivity index (χ1v) is 2.75. The van der Waals surface area contributed by atoms with Crippen LogP contribution in [0.4, 0.5) is 0 Å². The van der Waals surface area contributed by atoms with Crippen LogP contribution in [-0.4, -0.2) is 75.5 Å². The van der Waals surface area contributed by atoms with Crippen LogP contribution in [-0.2, 0) is 0 Å². The summed E-state index contributed by atoms with van der Waals surface area (Å²) in [5.74, 6) is 0. The van der Waals surface area contributed by atoms with E-state index < -0.39 is 10.9 Å². The second kappa shape index (κ2) is 11.7. The van der Waals surface area contributed by atoms with Crippen molar-refractivity contribution in [3.63, 3.8) is 0 Å². The molecule has 5 nitrogen and oxygen atoms in total. The van der Waals surface area contributed by atoms with Crippen LogP contribution in [0.3, 0.4) is 0 Å². The monoisotopic (exact) mass is 248 g/mol. The summed E-state index contributed by atoms with van der Waals surface area (Å²) in [5, 5.41) is 0. The molecule has 0 radical (unpaired) electrons. The van der Waals surface area contributed by atoms with Gasteiger partial charge in [-0.05, 0) is 0 Å². The first kappa shape index (κ1) is 29.3. The van der Waals surface area contributed by atoms with Gasteiger partial charge in [0.25, 0.3) is 0 Å². The van der Waals surface area contributed by atoms with E-state index in [1.54, 1.807) is 0 Å². The fraction of sp³-hybridized carbons (Fsp3) is 0. The standard InChI is InChI=1S/C4H2O2S2.2Na.3H2O.2H/c5-1-2(6)4(8)3(1)7;;;;;;;/h7-8H;;;3*1H2;;. The second-order valence-electron chi connectivity index (χ2n) is 1.36. The van der Waals surface area contributed by atoms with E-state index in [9.17, 15) is 9.59 Å². The van der Waals surface area contributed by atoms with E-state index in [4.69, 9.17) is 0 Å². The topological polar surface area (TPSA) is 129 Å². The zero-order valence-corrected chi connectivity index (χ0v) is 7.00. The molecule has 6 N–H and O–H groups in total. The van der Waals surface area contributed by atoms with Crippen LogP contribution in [0.5, 0.6) is 0 Å². The van der Waals surface area contributed by atoms with Gasteiger partial charge in [-0.25, -0.2) is 0 Å². The molecule has 0 bridgehead atoms. The van der Waals surface area contributed by atoms with Gasteiger partial charge in [0.2, 0.25) is 10.9 Å². The van der Waals surface area contributed by atoms with Gasteiger partial charge in [-0.3, -0.25) is 9.59 Å². The Labute approximate surface area is 129 Å². The Bertz CT molecular complexity index is 265. The van der Waals surface area contributed by atoms with Gasteiger partial charge >= 0.3 is 59.1 Å². The number of rotatable bonds is 0. The van der Waals surface area contributed by atoms with E-state index in [1.165, 1.54) is 0 Å². The predicted octanol–water partition coefficient (Wildman–Crippen LogP) is -3.91. The van der Waals surface area contributed by atoms with Crippen molar-refractivity contribution in [2.75, 3.05) is 0 Å². The summed E-state index contributed by atoms with van der Waals surface area (Å²) in [7, 11) is 0. The van der Waals surface area contributed by atoms with Crippen LogP contribution in [0.2, 0.25) is 0 Å². The molecule has 0 saturated carbocycles. The van der Waals surface area contributed by atoms with Crippen molar-refractivity contribution in [3.8, 4) is 0 Å². The zero-order valence-electron chi connectivity index (χ0n) is 5.21. The predicted molar refractivity (Wildman–Crippen MR) is 61.0 cm³/mol. The second-order valence-corrected chi connectivity index (χ2v) is 2.25. The van der Waals surface area contributed by atoms with Crippen LogP contribution >= 0.6 is 25.3 Å². The molecule has 0 aliphatic carbocycles. The van der Waals surface area contributed by atoms with Gasteiger partial charge in [-0.2, -0.15) is 0 Å². The summed E-state index contributed by atoms with van der Waals surface area (Å²) in [6, 6.07) is 0. The molecular formula is C4H10Na2O5S2. The molecule has 1 rings (SSSR count). The van der Waals surface area contributed by atoms with Crippen molar-refractivity contribution in [2.45, 2.75) is 9.79 Å². The summed E-state index contributed by atoms with van der Waals surface area (Å²) in [6.07, 6.45) is 0. The molecule has 70 valence electrons. The molecule has 1 aromatic carbocycles. The number of thiol groups is 2. The van der Waals surface area contributed by atoms with Crippen molar-refractivity contribution >= 4 is 84.4 Å². The molecule has 13 heavy (non-hydrogen) atoms. The Hall–Kier alpha value is 1.66. The van der Waals surface area contributed by atoms with Gasteiger partial charge in [-0.1, -0.05) is 0 Å². The minimum atomic E-state index is -0.529. The molecule has 0 spiro atoms. The third-order valence-electron chi connectivity index (χ3n) is 0.861. The van der Waals surface area contributed by atoms with E-state index in [0.717, 1.165) is 0 Å². The van der Waals surface area contributed by atoms with Crippen molar-refractivity contribution in [1.29, 1.82) is 0 Å². The Morgan fingerprint density at radius 2 is 0.846 bits per heavy atom. The Balaban J connectivity index is -0.0000000427. The molecule has 0 unspecified atom stereocenters. The van der Waals surface area contributed by atoms with E-state index in [1.807, 2.05) is 0 Å². The minimum absolute atomic E-state index is 0. The molecule has 9 heteroatoms. The summed E-state index contributed by atoms with van der Waals surface area (Å²) in [6.45, 7) is 0. The van der Waals surface area contributed by atoms with Gasteiger partial charge in [0.1, 0.15) is 0 Å². The molecule has 0 atom stereocenters. The molecule has 0 fully saturated rings. The molecule has 0 aliphatic rings. The number of hydrogen-bond acceptors (Lipinski definition) is 4. The summed E-state index contributed by atoms with van der Waals surface area (Å²) in [5.41, 5.74) is -1.06. The summed E-state index contributed by atoms with van der Waals surface area (Å²) >= 11 is 7.33. The normalized spacial score (nSPS) is 6.31. The van der Waals surface area contributed by atoms with Crippen molar-refractivity contribution in [3.05, 3.63) is 20.4 Å². The fourth-order valence-corrected chi connectivity index (χ4v) is 0.774. The SMILES string of the molecule is O.O.O.O=c1c(S)c(S)c1=O.[NaH].[NaH]. The van der Waals surface area contributed by atoms with Crippen LogP contribution < -0.4 is 10.9 Å². The van der Waals surface area contributed by atoms with E-state index in [-0.39, 0.29) is 85.3 Å². The third kappa shape index (κ3) is 5.95. The van der Waals surface area contributed by atoms with E-state index in [2.05, 4.69) is 25.3 Å². The van der Waals surface area contributed by atoms with Gasteiger partial charge < -0.3 is 16.4 Å². The summed E-state index contributed by atoms with van der Waals surface area (Å²) in [4.78, 5) is 20.8. The average Bonchev–Trinajstić information content (AvgIpc) is 1.83. The average molecular weight is 248 g/mol. The molecule has 0 saturated heterocycles. The first-order chi connectivity index (χ1) is 3.64. The molecule has 0 aromatic heterocycles. The van der Waals surface area contributed by atoms with Crippen molar-refractivity contribution in [1.82, 2.24) is 0 Å². The third-order valence-corrected chi connectivity index (χ3v) is 1.89. The maximum absolute atomic E-state index is 10.2. The van der Waals surface area contributed by atoms with Gasteiger partial charge in [0.15, 0.2) is 0 Å². The van der Waals surface area contributed by atoms with Crippen LogP contribution in [0.1, 0.15) is 0 Å². The molecular weight excluding hydrogens is 238 g/mol. The number of hydrogen-bond donors (Lipinski definition) is 2. The van der Waals surface area contributed by atoms with Gasteiger partial charge in [0.05, 0.1) is 9.79 Å². The first-order valence-electron chi connectivity index (χ1n) is 1.86. The van der Waals surface area contributed by atoms with Gasteiger partial charge in [-0.15, -0.1) is 25.3 Å². The van der Waals surface area contributed by atoms with Crippen LogP contribution in [0.25, 0.3) is 0 Å². The molecule has 1 aromatic rings. The fourth-order valence-electron chi connectivity index (χ4n) is 0.368. The Morgan fingerprint density at radius 1 is 0.692 bits per heavy atom. The molecule has 0 aliphatic heterocycles. The van der Waals surface area contributed by atoms with E-state index >= 15 is 0 Å². The van der Waals surface area contributed by atoms with Crippen molar-refractivity contribution < 1.29 is 16.4 Å². The van der Waals surface area contributed by atoms with Gasteiger partial charge in [0, 0.05) is 0 Å². The Morgan fingerprint density at radius 3 is 0.923 bits per heavy atom. The van der Waals surface area contributed by atoms with E-state index in [0.29, 0.717) is 0 Å². The quantitative estimate of drug-likeness (QED) is 0.276.